The molecule has 4 heteroatoms. The van der Waals surface area contributed by atoms with Gasteiger partial charge in [0.05, 0.1) is 17.3 Å². The molecule has 1 N–H and O–H groups in total. The van der Waals surface area contributed by atoms with E-state index in [2.05, 4.69) is 33.4 Å². The summed E-state index contributed by atoms with van der Waals surface area (Å²) in [7, 11) is 0. The predicted octanol–water partition coefficient (Wildman–Crippen LogP) is 3.03. The standard InChI is InChI=1S/C11H10BrN3/c1-2-10(7-14)15-11-4-3-9(12)5-8(11)6-13/h3-5,10,15H,2H2,1H3. The van der Waals surface area contributed by atoms with Crippen LogP contribution in [0.1, 0.15) is 18.9 Å². The van der Waals surface area contributed by atoms with E-state index >= 15 is 0 Å². The van der Waals surface area contributed by atoms with Crippen LogP contribution in [0.25, 0.3) is 0 Å². The number of nitrogens with one attached hydrogen (secondary N) is 1. The van der Waals surface area contributed by atoms with Gasteiger partial charge in [0.25, 0.3) is 0 Å². The Morgan fingerprint density at radius 1 is 1.47 bits per heavy atom. The summed E-state index contributed by atoms with van der Waals surface area (Å²) in [6, 6.07) is 9.33. The molecular formula is C11H10BrN3. The maximum atomic E-state index is 8.91. The number of anilines is 1. The number of nitrogens with zero attached hydrogens (tertiary/aromatic N) is 2. The molecule has 1 aromatic rings. The first-order chi connectivity index (χ1) is 7.21. The van der Waals surface area contributed by atoms with Gasteiger partial charge in [0.15, 0.2) is 0 Å². The highest BCUT2D eigenvalue weighted by molar-refractivity contribution is 9.10. The van der Waals surface area contributed by atoms with Crippen LogP contribution in [0.2, 0.25) is 0 Å². The number of rotatable bonds is 3. The van der Waals surface area contributed by atoms with Crippen molar-refractivity contribution in [3.63, 3.8) is 0 Å². The maximum absolute atomic E-state index is 8.91. The molecule has 1 unspecified atom stereocenters. The van der Waals surface area contributed by atoms with Gasteiger partial charge in [-0.15, -0.1) is 0 Å². The Bertz CT molecular complexity index is 428. The zero-order valence-electron chi connectivity index (χ0n) is 8.29. The minimum absolute atomic E-state index is 0.252. The Morgan fingerprint density at radius 2 is 2.20 bits per heavy atom. The van der Waals surface area contributed by atoms with Gasteiger partial charge < -0.3 is 5.32 Å². The fourth-order valence-electron chi connectivity index (χ4n) is 1.15. The highest BCUT2D eigenvalue weighted by Crippen LogP contribution is 2.21. The van der Waals surface area contributed by atoms with Crippen molar-refractivity contribution in [1.82, 2.24) is 0 Å². The molecule has 0 aromatic heterocycles. The molecule has 0 aliphatic heterocycles. The molecule has 1 rings (SSSR count). The van der Waals surface area contributed by atoms with Gasteiger partial charge in [0.1, 0.15) is 12.1 Å². The number of benzene rings is 1. The van der Waals surface area contributed by atoms with Crippen LogP contribution in [-0.2, 0) is 0 Å². The summed E-state index contributed by atoms with van der Waals surface area (Å²) in [6.45, 7) is 1.92. The number of halogens is 1. The number of nitriles is 2. The molecule has 0 aliphatic rings. The highest BCUT2D eigenvalue weighted by atomic mass is 79.9. The summed E-state index contributed by atoms with van der Waals surface area (Å²) in [4.78, 5) is 0. The second-order valence-electron chi connectivity index (χ2n) is 3.04. The first-order valence-corrected chi connectivity index (χ1v) is 5.36. The average Bonchev–Trinajstić information content (AvgIpc) is 2.27. The van der Waals surface area contributed by atoms with Crippen LogP contribution in [0.15, 0.2) is 22.7 Å². The van der Waals surface area contributed by atoms with Gasteiger partial charge in [0, 0.05) is 4.47 Å². The van der Waals surface area contributed by atoms with Gasteiger partial charge in [-0.05, 0) is 24.6 Å². The van der Waals surface area contributed by atoms with Crippen LogP contribution in [-0.4, -0.2) is 6.04 Å². The molecular weight excluding hydrogens is 254 g/mol. The van der Waals surface area contributed by atoms with Crippen molar-refractivity contribution in [3.8, 4) is 12.1 Å². The van der Waals surface area contributed by atoms with Crippen LogP contribution in [0.4, 0.5) is 5.69 Å². The SMILES string of the molecule is CCC(C#N)Nc1ccc(Br)cc1C#N. The van der Waals surface area contributed by atoms with E-state index in [1.807, 2.05) is 13.0 Å². The summed E-state index contributed by atoms with van der Waals surface area (Å²) in [5.41, 5.74) is 1.24. The third kappa shape index (κ3) is 2.97. The van der Waals surface area contributed by atoms with E-state index in [1.165, 1.54) is 0 Å². The number of hydrogen-bond donors (Lipinski definition) is 1. The van der Waals surface area contributed by atoms with Crippen molar-refractivity contribution in [1.29, 1.82) is 10.5 Å². The van der Waals surface area contributed by atoms with Crippen molar-refractivity contribution in [2.75, 3.05) is 5.32 Å². The van der Waals surface area contributed by atoms with Crippen LogP contribution in [0, 0.1) is 22.7 Å². The molecule has 0 aliphatic carbocycles. The molecule has 0 spiro atoms. The van der Waals surface area contributed by atoms with Crippen molar-refractivity contribution >= 4 is 21.6 Å². The first kappa shape index (κ1) is 11.6. The fourth-order valence-corrected chi connectivity index (χ4v) is 1.51. The van der Waals surface area contributed by atoms with E-state index in [0.717, 1.165) is 4.47 Å². The van der Waals surface area contributed by atoms with E-state index in [9.17, 15) is 0 Å². The lowest BCUT2D eigenvalue weighted by Crippen LogP contribution is -2.16. The van der Waals surface area contributed by atoms with Crippen LogP contribution in [0.3, 0.4) is 0 Å². The second kappa shape index (κ2) is 5.38. The predicted molar refractivity (Wildman–Crippen MR) is 62.2 cm³/mol. The molecule has 0 radical (unpaired) electrons. The maximum Gasteiger partial charge on any atom is 0.114 e. The summed E-state index contributed by atoms with van der Waals surface area (Å²) < 4.78 is 0.856. The Morgan fingerprint density at radius 3 is 2.73 bits per heavy atom. The zero-order chi connectivity index (χ0) is 11.3. The molecule has 0 fully saturated rings. The van der Waals surface area contributed by atoms with Gasteiger partial charge in [0.2, 0.25) is 0 Å². The molecule has 0 heterocycles. The van der Waals surface area contributed by atoms with E-state index in [0.29, 0.717) is 17.7 Å². The summed E-state index contributed by atoms with van der Waals surface area (Å²) >= 11 is 3.29. The van der Waals surface area contributed by atoms with Crippen LogP contribution in [0.5, 0.6) is 0 Å². The zero-order valence-corrected chi connectivity index (χ0v) is 9.87. The molecule has 0 saturated heterocycles. The molecule has 0 saturated carbocycles. The molecule has 3 nitrogen and oxygen atoms in total. The van der Waals surface area contributed by atoms with Gasteiger partial charge >= 0.3 is 0 Å². The second-order valence-corrected chi connectivity index (χ2v) is 3.95. The first-order valence-electron chi connectivity index (χ1n) is 4.57. The molecule has 0 bridgehead atoms. The number of hydrogen-bond acceptors (Lipinski definition) is 3. The minimum Gasteiger partial charge on any atom is -0.369 e. The van der Waals surface area contributed by atoms with Crippen molar-refractivity contribution in [2.24, 2.45) is 0 Å². The van der Waals surface area contributed by atoms with E-state index in [1.54, 1.807) is 12.1 Å². The Labute approximate surface area is 97.5 Å². The molecule has 1 aromatic carbocycles. The van der Waals surface area contributed by atoms with Crippen molar-refractivity contribution in [3.05, 3.63) is 28.2 Å². The lowest BCUT2D eigenvalue weighted by atomic mass is 10.1. The average molecular weight is 264 g/mol. The van der Waals surface area contributed by atoms with Crippen LogP contribution < -0.4 is 5.32 Å². The Balaban J connectivity index is 2.96. The monoisotopic (exact) mass is 263 g/mol. The van der Waals surface area contributed by atoms with E-state index in [4.69, 9.17) is 10.5 Å². The van der Waals surface area contributed by atoms with Gasteiger partial charge in [-0.1, -0.05) is 22.9 Å². The summed E-state index contributed by atoms with van der Waals surface area (Å²) in [5, 5.41) is 20.7. The third-order valence-corrected chi connectivity index (χ3v) is 2.49. The summed E-state index contributed by atoms with van der Waals surface area (Å²) in [5.74, 6) is 0. The molecule has 76 valence electrons. The molecule has 15 heavy (non-hydrogen) atoms. The van der Waals surface area contributed by atoms with Gasteiger partial charge in [-0.2, -0.15) is 10.5 Å². The topological polar surface area (TPSA) is 59.6 Å². The van der Waals surface area contributed by atoms with Gasteiger partial charge in [-0.25, -0.2) is 0 Å². The smallest absolute Gasteiger partial charge is 0.114 e. The van der Waals surface area contributed by atoms with E-state index < -0.39 is 0 Å². The quantitative estimate of drug-likeness (QED) is 0.912. The minimum atomic E-state index is -0.252. The lowest BCUT2D eigenvalue weighted by molar-refractivity contribution is 0.845. The lowest BCUT2D eigenvalue weighted by Gasteiger charge is -2.11. The molecule has 1 atom stereocenters. The highest BCUT2D eigenvalue weighted by Gasteiger charge is 2.07. The van der Waals surface area contributed by atoms with E-state index in [-0.39, 0.29) is 6.04 Å². The normalized spacial score (nSPS) is 11.2. The Hall–Kier alpha value is -1.52. The van der Waals surface area contributed by atoms with Gasteiger partial charge in [-0.3, -0.25) is 0 Å². The van der Waals surface area contributed by atoms with Crippen molar-refractivity contribution < 1.29 is 0 Å². The van der Waals surface area contributed by atoms with Crippen LogP contribution >= 0.6 is 15.9 Å². The fraction of sp³-hybridized carbons (Fsp3) is 0.273. The summed E-state index contributed by atoms with van der Waals surface area (Å²) in [6.07, 6.45) is 0.706. The van der Waals surface area contributed by atoms with Crippen molar-refractivity contribution in [2.45, 2.75) is 19.4 Å². The Kier molecular flexibility index (Phi) is 4.15. The molecule has 0 amide bonds. The third-order valence-electron chi connectivity index (χ3n) is 2.00. The largest absolute Gasteiger partial charge is 0.369 e.